The number of H-pyrrole nitrogens is 1. The van der Waals surface area contributed by atoms with Crippen molar-refractivity contribution in [2.75, 3.05) is 19.5 Å². The SMILES string of the molecule is COc1ccc(CNc2ccc3cn[nH]c3c2)cc1OC. The normalized spacial score (nSPS) is 10.6. The van der Waals surface area contributed by atoms with E-state index in [0.717, 1.165) is 33.7 Å². The second-order valence-corrected chi connectivity index (χ2v) is 4.71. The van der Waals surface area contributed by atoms with Gasteiger partial charge in [0.1, 0.15) is 0 Å². The lowest BCUT2D eigenvalue weighted by Crippen LogP contribution is -2.00. The third-order valence-electron chi connectivity index (χ3n) is 3.39. The van der Waals surface area contributed by atoms with Gasteiger partial charge >= 0.3 is 0 Å². The van der Waals surface area contributed by atoms with Crippen LogP contribution in [-0.2, 0) is 6.54 Å². The molecule has 3 aromatic rings. The number of aromatic nitrogens is 2. The molecule has 0 spiro atoms. The van der Waals surface area contributed by atoms with Gasteiger partial charge in [-0.15, -0.1) is 0 Å². The quantitative estimate of drug-likeness (QED) is 0.755. The summed E-state index contributed by atoms with van der Waals surface area (Å²) in [5.74, 6) is 1.47. The molecular formula is C16H17N3O2. The van der Waals surface area contributed by atoms with Crippen LogP contribution in [-0.4, -0.2) is 24.4 Å². The molecule has 0 aliphatic heterocycles. The largest absolute Gasteiger partial charge is 0.493 e. The first-order chi connectivity index (χ1) is 10.3. The van der Waals surface area contributed by atoms with Gasteiger partial charge in [0.15, 0.2) is 11.5 Å². The lowest BCUT2D eigenvalue weighted by atomic mass is 10.2. The van der Waals surface area contributed by atoms with Crippen LogP contribution in [0.3, 0.4) is 0 Å². The third kappa shape index (κ3) is 2.76. The zero-order valence-electron chi connectivity index (χ0n) is 12.0. The molecule has 0 fully saturated rings. The first kappa shape index (κ1) is 13.3. The van der Waals surface area contributed by atoms with Crippen molar-refractivity contribution in [3.63, 3.8) is 0 Å². The number of hydrogen-bond donors (Lipinski definition) is 2. The molecule has 21 heavy (non-hydrogen) atoms. The maximum Gasteiger partial charge on any atom is 0.161 e. The van der Waals surface area contributed by atoms with Gasteiger partial charge in [-0.1, -0.05) is 6.07 Å². The predicted molar refractivity (Wildman–Crippen MR) is 83.0 cm³/mol. The van der Waals surface area contributed by atoms with Gasteiger partial charge in [-0.25, -0.2) is 0 Å². The van der Waals surface area contributed by atoms with Gasteiger partial charge in [-0.2, -0.15) is 5.10 Å². The number of aromatic amines is 1. The Hall–Kier alpha value is -2.69. The Morgan fingerprint density at radius 2 is 1.90 bits per heavy atom. The molecule has 108 valence electrons. The number of fused-ring (bicyclic) bond motifs is 1. The van der Waals surface area contributed by atoms with Gasteiger partial charge in [0.25, 0.3) is 0 Å². The van der Waals surface area contributed by atoms with Crippen LogP contribution in [0.4, 0.5) is 5.69 Å². The van der Waals surface area contributed by atoms with E-state index in [4.69, 9.17) is 9.47 Å². The van der Waals surface area contributed by atoms with Gasteiger partial charge in [0.2, 0.25) is 0 Å². The van der Waals surface area contributed by atoms with E-state index in [1.165, 1.54) is 0 Å². The molecule has 5 nitrogen and oxygen atoms in total. The number of ether oxygens (including phenoxy) is 2. The first-order valence-corrected chi connectivity index (χ1v) is 6.68. The van der Waals surface area contributed by atoms with E-state index in [1.807, 2.05) is 42.6 Å². The minimum Gasteiger partial charge on any atom is -0.493 e. The Balaban J connectivity index is 1.74. The Bertz CT molecular complexity index is 752. The molecule has 0 aliphatic rings. The second kappa shape index (κ2) is 5.75. The van der Waals surface area contributed by atoms with Crippen LogP contribution in [0, 0.1) is 0 Å². The fourth-order valence-electron chi connectivity index (χ4n) is 2.24. The predicted octanol–water partition coefficient (Wildman–Crippen LogP) is 3.19. The summed E-state index contributed by atoms with van der Waals surface area (Å²) in [6.45, 7) is 0.708. The van der Waals surface area contributed by atoms with Crippen LogP contribution >= 0.6 is 0 Å². The Labute approximate surface area is 122 Å². The maximum absolute atomic E-state index is 5.31. The number of rotatable bonds is 5. The smallest absolute Gasteiger partial charge is 0.161 e. The van der Waals surface area contributed by atoms with Gasteiger partial charge in [-0.3, -0.25) is 5.10 Å². The molecule has 0 bridgehead atoms. The molecule has 0 atom stereocenters. The maximum atomic E-state index is 5.31. The highest BCUT2D eigenvalue weighted by Gasteiger charge is 2.04. The van der Waals surface area contributed by atoms with E-state index >= 15 is 0 Å². The standard InChI is InChI=1S/C16H17N3O2/c1-20-15-6-3-11(7-16(15)21-2)9-17-13-5-4-12-10-18-19-14(12)8-13/h3-8,10,17H,9H2,1-2H3,(H,18,19). The van der Waals surface area contributed by atoms with Gasteiger partial charge in [0.05, 0.1) is 25.9 Å². The minimum absolute atomic E-state index is 0.708. The van der Waals surface area contributed by atoms with E-state index in [-0.39, 0.29) is 0 Å². The molecule has 0 aliphatic carbocycles. The zero-order valence-corrected chi connectivity index (χ0v) is 12.0. The molecule has 0 saturated carbocycles. The van der Waals surface area contributed by atoms with Gasteiger partial charge in [0, 0.05) is 17.6 Å². The number of methoxy groups -OCH3 is 2. The van der Waals surface area contributed by atoms with E-state index in [1.54, 1.807) is 14.2 Å². The van der Waals surface area contributed by atoms with Gasteiger partial charge < -0.3 is 14.8 Å². The van der Waals surface area contributed by atoms with Crippen LogP contribution in [0.5, 0.6) is 11.5 Å². The van der Waals surface area contributed by atoms with E-state index in [0.29, 0.717) is 6.54 Å². The second-order valence-electron chi connectivity index (χ2n) is 4.71. The minimum atomic E-state index is 0.708. The Kier molecular flexibility index (Phi) is 3.64. The summed E-state index contributed by atoms with van der Waals surface area (Å²) < 4.78 is 10.5. The molecule has 2 aromatic carbocycles. The molecule has 1 heterocycles. The van der Waals surface area contributed by atoms with Crippen molar-refractivity contribution in [1.82, 2.24) is 10.2 Å². The molecule has 3 rings (SSSR count). The number of nitrogens with one attached hydrogen (secondary N) is 2. The molecule has 0 radical (unpaired) electrons. The van der Waals surface area contributed by atoms with Crippen molar-refractivity contribution in [2.45, 2.75) is 6.54 Å². The van der Waals surface area contributed by atoms with E-state index in [9.17, 15) is 0 Å². The molecule has 2 N–H and O–H groups in total. The summed E-state index contributed by atoms with van der Waals surface area (Å²) in [5.41, 5.74) is 3.19. The van der Waals surface area contributed by atoms with E-state index < -0.39 is 0 Å². The van der Waals surface area contributed by atoms with E-state index in [2.05, 4.69) is 15.5 Å². The molecule has 1 aromatic heterocycles. The highest BCUT2D eigenvalue weighted by atomic mass is 16.5. The van der Waals surface area contributed by atoms with Crippen molar-refractivity contribution in [1.29, 1.82) is 0 Å². The van der Waals surface area contributed by atoms with Crippen LogP contribution in [0.25, 0.3) is 10.9 Å². The van der Waals surface area contributed by atoms with Crippen LogP contribution in [0.15, 0.2) is 42.6 Å². The van der Waals surface area contributed by atoms with Crippen LogP contribution in [0.1, 0.15) is 5.56 Å². The average Bonchev–Trinajstić information content (AvgIpc) is 3.00. The summed E-state index contributed by atoms with van der Waals surface area (Å²) in [5, 5.41) is 11.5. The van der Waals surface area contributed by atoms with Gasteiger partial charge in [-0.05, 0) is 35.9 Å². The summed E-state index contributed by atoms with van der Waals surface area (Å²) in [4.78, 5) is 0. The van der Waals surface area contributed by atoms with Crippen molar-refractivity contribution in [3.8, 4) is 11.5 Å². The lowest BCUT2D eigenvalue weighted by Gasteiger charge is -2.11. The fraction of sp³-hybridized carbons (Fsp3) is 0.188. The highest BCUT2D eigenvalue weighted by Crippen LogP contribution is 2.28. The Morgan fingerprint density at radius 1 is 1.05 bits per heavy atom. The van der Waals surface area contributed by atoms with Crippen LogP contribution < -0.4 is 14.8 Å². The molecule has 0 amide bonds. The average molecular weight is 283 g/mol. The number of anilines is 1. The molecule has 5 heteroatoms. The molecular weight excluding hydrogens is 266 g/mol. The summed E-state index contributed by atoms with van der Waals surface area (Å²) in [6, 6.07) is 12.0. The topological polar surface area (TPSA) is 59.2 Å². The number of benzene rings is 2. The monoisotopic (exact) mass is 283 g/mol. The first-order valence-electron chi connectivity index (χ1n) is 6.68. The van der Waals surface area contributed by atoms with Crippen LogP contribution in [0.2, 0.25) is 0 Å². The lowest BCUT2D eigenvalue weighted by molar-refractivity contribution is 0.354. The number of hydrogen-bond acceptors (Lipinski definition) is 4. The van der Waals surface area contributed by atoms with Crippen molar-refractivity contribution in [2.24, 2.45) is 0 Å². The summed E-state index contributed by atoms with van der Waals surface area (Å²) in [6.07, 6.45) is 1.81. The summed E-state index contributed by atoms with van der Waals surface area (Å²) >= 11 is 0. The molecule has 0 saturated heterocycles. The fourth-order valence-corrected chi connectivity index (χ4v) is 2.24. The highest BCUT2D eigenvalue weighted by molar-refractivity contribution is 5.81. The third-order valence-corrected chi connectivity index (χ3v) is 3.39. The van der Waals surface area contributed by atoms with Crippen molar-refractivity contribution in [3.05, 3.63) is 48.2 Å². The van der Waals surface area contributed by atoms with Crippen molar-refractivity contribution >= 4 is 16.6 Å². The molecule has 0 unspecified atom stereocenters. The Morgan fingerprint density at radius 3 is 2.71 bits per heavy atom. The zero-order chi connectivity index (χ0) is 14.7. The van der Waals surface area contributed by atoms with Crippen molar-refractivity contribution < 1.29 is 9.47 Å². The summed E-state index contributed by atoms with van der Waals surface area (Å²) in [7, 11) is 3.27. The number of nitrogens with zero attached hydrogens (tertiary/aromatic N) is 1.